The van der Waals surface area contributed by atoms with Crippen LogP contribution in [0.3, 0.4) is 0 Å². The van der Waals surface area contributed by atoms with E-state index in [1.54, 1.807) is 18.6 Å². The van der Waals surface area contributed by atoms with E-state index < -0.39 is 11.0 Å². The van der Waals surface area contributed by atoms with Gasteiger partial charge in [0.2, 0.25) is 0 Å². The van der Waals surface area contributed by atoms with Crippen molar-refractivity contribution in [2.75, 3.05) is 0 Å². The summed E-state index contributed by atoms with van der Waals surface area (Å²) in [5.74, 6) is 0. The lowest BCUT2D eigenvalue weighted by molar-refractivity contribution is 0.651. The normalized spacial score (nSPS) is 14.4. The van der Waals surface area contributed by atoms with E-state index in [2.05, 4.69) is 25.3 Å². The zero-order valence-electron chi connectivity index (χ0n) is 8.90. The number of hydrogen-bond donors (Lipinski definition) is 0. The largest absolute Gasteiger partial charge is 0.264 e. The molecule has 0 spiro atoms. The van der Waals surface area contributed by atoms with Gasteiger partial charge >= 0.3 is 0 Å². The number of hydrogen-bond acceptors (Lipinski definition) is 2. The van der Waals surface area contributed by atoms with E-state index in [0.29, 0.717) is 0 Å². The summed E-state index contributed by atoms with van der Waals surface area (Å²) in [6.45, 7) is 5.66. The second-order valence-corrected chi connectivity index (χ2v) is 6.78. The average Bonchev–Trinajstić information content (AvgIpc) is 2.14. The summed E-state index contributed by atoms with van der Waals surface area (Å²) in [5, 5.41) is 0. The van der Waals surface area contributed by atoms with Gasteiger partial charge in [0, 0.05) is 28.6 Å². The molecular weight excluding hydrogens is 276 g/mol. The van der Waals surface area contributed by atoms with Gasteiger partial charge in [0.1, 0.15) is 11.0 Å². The van der Waals surface area contributed by atoms with Gasteiger partial charge in [0.25, 0.3) is 0 Å². The first-order valence-electron chi connectivity index (χ1n) is 4.47. The second-order valence-electron chi connectivity index (χ2n) is 3.99. The Morgan fingerprint density at radius 1 is 1.53 bits per heavy atom. The lowest BCUT2D eigenvalue weighted by Gasteiger charge is -2.12. The van der Waals surface area contributed by atoms with Crippen molar-refractivity contribution < 1.29 is 4.21 Å². The minimum absolute atomic E-state index is 0.328. The van der Waals surface area contributed by atoms with Crippen molar-refractivity contribution in [1.29, 1.82) is 0 Å². The molecule has 82 valence electrons. The van der Waals surface area contributed by atoms with Gasteiger partial charge in [-0.25, -0.2) is 4.21 Å². The summed E-state index contributed by atoms with van der Waals surface area (Å²) in [6.07, 6.45) is 4.94. The molecule has 3 nitrogen and oxygen atoms in total. The van der Waals surface area contributed by atoms with Gasteiger partial charge in [-0.3, -0.25) is 4.98 Å². The Balaban J connectivity index is 2.84. The number of aromatic nitrogens is 1. The highest BCUT2D eigenvalue weighted by molar-refractivity contribution is 9.10. The molecule has 0 radical (unpaired) electrons. The van der Waals surface area contributed by atoms with Crippen molar-refractivity contribution in [3.8, 4) is 0 Å². The number of halogens is 1. The molecule has 0 aromatic carbocycles. The second kappa shape index (κ2) is 4.99. The maximum absolute atomic E-state index is 11.6. The van der Waals surface area contributed by atoms with Crippen molar-refractivity contribution in [2.24, 2.45) is 4.40 Å². The Hall–Kier alpha value is -0.550. The quantitative estimate of drug-likeness (QED) is 0.786. The Morgan fingerprint density at radius 3 is 2.73 bits per heavy atom. The van der Waals surface area contributed by atoms with Gasteiger partial charge in [0.05, 0.1) is 4.75 Å². The van der Waals surface area contributed by atoms with Crippen molar-refractivity contribution in [3.63, 3.8) is 0 Å². The molecule has 0 amide bonds. The molecule has 0 bridgehead atoms. The molecule has 0 aliphatic heterocycles. The minimum atomic E-state index is -1.23. The van der Waals surface area contributed by atoms with Crippen LogP contribution >= 0.6 is 15.9 Å². The van der Waals surface area contributed by atoms with Gasteiger partial charge < -0.3 is 0 Å². The Bertz CT molecular complexity index is 399. The first-order valence-corrected chi connectivity index (χ1v) is 6.37. The predicted molar refractivity (Wildman–Crippen MR) is 67.4 cm³/mol. The highest BCUT2D eigenvalue weighted by Crippen LogP contribution is 2.15. The topological polar surface area (TPSA) is 42.3 Å². The fourth-order valence-corrected chi connectivity index (χ4v) is 1.60. The van der Waals surface area contributed by atoms with Gasteiger partial charge in [-0.15, -0.1) is 0 Å². The molecule has 15 heavy (non-hydrogen) atoms. The molecule has 0 N–H and O–H groups in total. The first-order chi connectivity index (χ1) is 6.91. The third-order valence-corrected chi connectivity index (χ3v) is 3.67. The lowest BCUT2D eigenvalue weighted by atomic mass is 10.3. The van der Waals surface area contributed by atoms with Crippen molar-refractivity contribution in [3.05, 3.63) is 28.5 Å². The highest BCUT2D eigenvalue weighted by Gasteiger charge is 2.18. The van der Waals surface area contributed by atoms with Crippen molar-refractivity contribution in [1.82, 2.24) is 4.98 Å². The molecule has 5 heteroatoms. The van der Waals surface area contributed by atoms with Crippen LogP contribution in [0.2, 0.25) is 0 Å². The SMILES string of the molecule is CC(C)(C)[S@@](=O)N=Cc1cnccc1Br. The minimum Gasteiger partial charge on any atom is -0.264 e. The van der Waals surface area contributed by atoms with Crippen LogP contribution in [0.4, 0.5) is 0 Å². The third-order valence-electron chi connectivity index (χ3n) is 1.61. The Morgan fingerprint density at radius 2 is 2.20 bits per heavy atom. The molecule has 1 aromatic heterocycles. The number of nitrogens with zero attached hydrogens (tertiary/aromatic N) is 2. The van der Waals surface area contributed by atoms with E-state index >= 15 is 0 Å². The molecule has 0 saturated carbocycles. The van der Waals surface area contributed by atoms with Crippen LogP contribution < -0.4 is 0 Å². The fraction of sp³-hybridized carbons (Fsp3) is 0.400. The molecule has 1 heterocycles. The first kappa shape index (κ1) is 12.5. The predicted octanol–water partition coefficient (Wildman–Crippen LogP) is 2.73. The van der Waals surface area contributed by atoms with E-state index in [4.69, 9.17) is 0 Å². The smallest absolute Gasteiger partial charge is 0.144 e. The molecule has 0 unspecified atom stereocenters. The summed E-state index contributed by atoms with van der Waals surface area (Å²) >= 11 is 3.37. The van der Waals surface area contributed by atoms with E-state index in [1.165, 1.54) is 0 Å². The van der Waals surface area contributed by atoms with Gasteiger partial charge in [-0.1, -0.05) is 15.9 Å². The zero-order chi connectivity index (χ0) is 11.5. The third kappa shape index (κ3) is 3.83. The van der Waals surface area contributed by atoms with Crippen LogP contribution in [-0.2, 0) is 11.0 Å². The summed E-state index contributed by atoms with van der Waals surface area (Å²) in [5.41, 5.74) is 0.829. The lowest BCUT2D eigenvalue weighted by Crippen LogP contribution is -2.19. The molecule has 1 aromatic rings. The Labute approximate surface area is 101 Å². The van der Waals surface area contributed by atoms with Crippen LogP contribution in [0.1, 0.15) is 26.3 Å². The molecule has 0 saturated heterocycles. The molecule has 0 aliphatic rings. The van der Waals surface area contributed by atoms with Crippen molar-refractivity contribution >= 4 is 33.1 Å². The molecular formula is C10H13BrN2OS. The van der Waals surface area contributed by atoms with E-state index in [-0.39, 0.29) is 4.75 Å². The summed E-state index contributed by atoms with van der Waals surface area (Å²) in [6, 6.07) is 1.82. The average molecular weight is 289 g/mol. The van der Waals surface area contributed by atoms with E-state index in [0.717, 1.165) is 10.0 Å². The maximum Gasteiger partial charge on any atom is 0.144 e. The molecule has 1 atom stereocenters. The summed E-state index contributed by atoms with van der Waals surface area (Å²) in [4.78, 5) is 3.97. The number of pyridine rings is 1. The van der Waals surface area contributed by atoms with E-state index in [9.17, 15) is 4.21 Å². The van der Waals surface area contributed by atoms with Crippen LogP contribution in [0.25, 0.3) is 0 Å². The van der Waals surface area contributed by atoms with Crippen LogP contribution in [0.5, 0.6) is 0 Å². The molecule has 0 aliphatic carbocycles. The standard InChI is InChI=1S/C10H13BrN2OS/c1-10(2,3)15(14)13-7-8-6-12-5-4-9(8)11/h4-7H,1-3H3/t15-/m1/s1. The maximum atomic E-state index is 11.6. The molecule has 1 rings (SSSR count). The van der Waals surface area contributed by atoms with Gasteiger partial charge in [0.15, 0.2) is 0 Å². The number of rotatable bonds is 2. The summed E-state index contributed by atoms with van der Waals surface area (Å²) in [7, 11) is -1.23. The van der Waals surface area contributed by atoms with Crippen molar-refractivity contribution in [2.45, 2.75) is 25.5 Å². The van der Waals surface area contributed by atoms with Gasteiger partial charge in [-0.2, -0.15) is 4.40 Å². The van der Waals surface area contributed by atoms with Gasteiger partial charge in [-0.05, 0) is 26.8 Å². The van der Waals surface area contributed by atoms with E-state index in [1.807, 2.05) is 26.8 Å². The van der Waals surface area contributed by atoms with Crippen LogP contribution in [0, 0.1) is 0 Å². The zero-order valence-corrected chi connectivity index (χ0v) is 11.3. The summed E-state index contributed by atoms with van der Waals surface area (Å²) < 4.78 is 16.2. The molecule has 0 fully saturated rings. The monoisotopic (exact) mass is 288 g/mol. The van der Waals surface area contributed by atoms with Crippen LogP contribution in [0.15, 0.2) is 27.3 Å². The highest BCUT2D eigenvalue weighted by atomic mass is 79.9. The van der Waals surface area contributed by atoms with Crippen LogP contribution in [-0.4, -0.2) is 20.2 Å². The Kier molecular flexibility index (Phi) is 4.16. The fourth-order valence-electron chi connectivity index (χ4n) is 0.747.